The van der Waals surface area contributed by atoms with Crippen molar-refractivity contribution in [2.75, 3.05) is 13.7 Å². The fourth-order valence-corrected chi connectivity index (χ4v) is 3.24. The van der Waals surface area contributed by atoms with Gasteiger partial charge in [0.2, 0.25) is 0 Å². The third-order valence-electron chi connectivity index (χ3n) is 3.74. The highest BCUT2D eigenvalue weighted by Gasteiger charge is 2.20. The van der Waals surface area contributed by atoms with E-state index in [1.54, 1.807) is 43.3 Å². The Labute approximate surface area is 164 Å². The fraction of sp³-hybridized carbons (Fsp3) is 0.200. The number of benzene rings is 2. The molecular weight excluding hydrogens is 382 g/mol. The third-order valence-corrected chi connectivity index (χ3v) is 5.10. The molecule has 0 aliphatic rings. The summed E-state index contributed by atoms with van der Waals surface area (Å²) in [5, 5.41) is 0. The standard InChI is InChI=1S/C20H21NO6S/c1-4-27-20(23)18(15-7-9-16(26-3)10-8-15)13-19(22)21-28(24,25)17-11-5-14(2)6-12-17/h5-13H,4H2,1-3H3,(H,21,22)/b18-13+. The first-order valence-corrected chi connectivity index (χ1v) is 9.92. The van der Waals surface area contributed by atoms with Crippen LogP contribution in [0.5, 0.6) is 5.75 Å². The number of ether oxygens (including phenoxy) is 2. The first kappa shape index (κ1) is 21.2. The van der Waals surface area contributed by atoms with Crippen molar-refractivity contribution < 1.29 is 27.5 Å². The maximum absolute atomic E-state index is 12.4. The van der Waals surface area contributed by atoms with Gasteiger partial charge in [-0.15, -0.1) is 0 Å². The van der Waals surface area contributed by atoms with Crippen molar-refractivity contribution in [1.29, 1.82) is 0 Å². The number of carbonyl (C=O) groups excluding carboxylic acids is 2. The van der Waals surface area contributed by atoms with E-state index < -0.39 is 21.9 Å². The molecule has 0 saturated carbocycles. The number of rotatable bonds is 7. The summed E-state index contributed by atoms with van der Waals surface area (Å²) in [6, 6.07) is 12.4. The number of hydrogen-bond donors (Lipinski definition) is 1. The summed E-state index contributed by atoms with van der Waals surface area (Å²) < 4.78 is 36.7. The number of methoxy groups -OCH3 is 1. The summed E-state index contributed by atoms with van der Waals surface area (Å²) in [6.45, 7) is 3.55. The maximum Gasteiger partial charge on any atom is 0.338 e. The highest BCUT2D eigenvalue weighted by atomic mass is 32.2. The fourth-order valence-electron chi connectivity index (χ4n) is 2.31. The Morgan fingerprint density at radius 2 is 1.64 bits per heavy atom. The molecule has 0 heterocycles. The van der Waals surface area contributed by atoms with Gasteiger partial charge < -0.3 is 9.47 Å². The molecular formula is C20H21NO6S. The van der Waals surface area contributed by atoms with Crippen LogP contribution in [0.1, 0.15) is 18.1 Å². The Balaban J connectivity index is 2.32. The van der Waals surface area contributed by atoms with Gasteiger partial charge in [-0.05, 0) is 43.7 Å². The number of aryl methyl sites for hydroxylation is 1. The molecule has 2 aromatic rings. The molecule has 0 fully saturated rings. The van der Waals surface area contributed by atoms with Crippen LogP contribution in [0, 0.1) is 6.92 Å². The SMILES string of the molecule is CCOC(=O)/C(=C/C(=O)NS(=O)(=O)c1ccc(C)cc1)c1ccc(OC)cc1. The monoisotopic (exact) mass is 403 g/mol. The molecule has 0 atom stereocenters. The second kappa shape index (κ2) is 9.18. The van der Waals surface area contributed by atoms with Crippen LogP contribution in [0.2, 0.25) is 0 Å². The van der Waals surface area contributed by atoms with Crippen LogP contribution in [0.3, 0.4) is 0 Å². The summed E-state index contributed by atoms with van der Waals surface area (Å²) in [6.07, 6.45) is 0.908. The average Bonchev–Trinajstić information content (AvgIpc) is 2.66. The zero-order valence-electron chi connectivity index (χ0n) is 15.8. The Morgan fingerprint density at radius 3 is 2.18 bits per heavy atom. The summed E-state index contributed by atoms with van der Waals surface area (Å²) in [4.78, 5) is 24.5. The highest BCUT2D eigenvalue weighted by molar-refractivity contribution is 7.90. The van der Waals surface area contributed by atoms with Gasteiger partial charge in [-0.3, -0.25) is 4.79 Å². The molecule has 0 saturated heterocycles. The molecule has 0 aliphatic heterocycles. The van der Waals surface area contributed by atoms with Crippen LogP contribution in [0.15, 0.2) is 59.5 Å². The van der Waals surface area contributed by atoms with Gasteiger partial charge in [-0.2, -0.15) is 0 Å². The second-order valence-electron chi connectivity index (χ2n) is 5.79. The number of esters is 1. The predicted octanol–water partition coefficient (Wildman–Crippen LogP) is 2.46. The van der Waals surface area contributed by atoms with E-state index in [0.29, 0.717) is 11.3 Å². The first-order chi connectivity index (χ1) is 13.3. The molecule has 0 radical (unpaired) electrons. The van der Waals surface area contributed by atoms with Crippen LogP contribution in [-0.2, 0) is 24.3 Å². The third kappa shape index (κ3) is 5.43. The minimum absolute atomic E-state index is 0.0537. The van der Waals surface area contributed by atoms with Crippen LogP contribution in [0.25, 0.3) is 5.57 Å². The minimum atomic E-state index is -4.07. The molecule has 0 bridgehead atoms. The van der Waals surface area contributed by atoms with Crippen molar-refractivity contribution in [2.45, 2.75) is 18.7 Å². The molecule has 2 rings (SSSR count). The van der Waals surface area contributed by atoms with Gasteiger partial charge >= 0.3 is 5.97 Å². The van der Waals surface area contributed by atoms with Crippen molar-refractivity contribution in [3.8, 4) is 5.75 Å². The molecule has 28 heavy (non-hydrogen) atoms. The van der Waals surface area contributed by atoms with Crippen molar-refractivity contribution in [3.05, 3.63) is 65.7 Å². The van der Waals surface area contributed by atoms with Crippen molar-refractivity contribution in [3.63, 3.8) is 0 Å². The Bertz CT molecular complexity index is 976. The molecule has 2 aromatic carbocycles. The Morgan fingerprint density at radius 1 is 1.04 bits per heavy atom. The lowest BCUT2D eigenvalue weighted by Crippen LogP contribution is -2.29. The van der Waals surface area contributed by atoms with Gasteiger partial charge in [-0.25, -0.2) is 17.9 Å². The van der Waals surface area contributed by atoms with E-state index in [0.717, 1.165) is 11.6 Å². The van der Waals surface area contributed by atoms with Crippen molar-refractivity contribution >= 4 is 27.5 Å². The van der Waals surface area contributed by atoms with E-state index in [9.17, 15) is 18.0 Å². The highest BCUT2D eigenvalue weighted by Crippen LogP contribution is 2.20. The molecule has 0 spiro atoms. The predicted molar refractivity (Wildman–Crippen MR) is 104 cm³/mol. The second-order valence-corrected chi connectivity index (χ2v) is 7.47. The largest absolute Gasteiger partial charge is 0.497 e. The maximum atomic E-state index is 12.4. The van der Waals surface area contributed by atoms with Crippen LogP contribution in [-0.4, -0.2) is 34.0 Å². The number of nitrogens with one attached hydrogen (secondary N) is 1. The van der Waals surface area contributed by atoms with E-state index in [2.05, 4.69) is 0 Å². The van der Waals surface area contributed by atoms with E-state index in [4.69, 9.17) is 9.47 Å². The van der Waals surface area contributed by atoms with Crippen molar-refractivity contribution in [2.24, 2.45) is 0 Å². The normalized spacial score (nSPS) is 11.6. The number of sulfonamides is 1. The zero-order valence-corrected chi connectivity index (χ0v) is 16.6. The Kier molecular flexibility index (Phi) is 6.94. The molecule has 0 aromatic heterocycles. The first-order valence-electron chi connectivity index (χ1n) is 8.43. The lowest BCUT2D eigenvalue weighted by Gasteiger charge is -2.09. The van der Waals surface area contributed by atoms with Gasteiger partial charge in [0.15, 0.2) is 0 Å². The topological polar surface area (TPSA) is 98.8 Å². The minimum Gasteiger partial charge on any atom is -0.497 e. The van der Waals surface area contributed by atoms with Gasteiger partial charge in [0.25, 0.3) is 15.9 Å². The number of hydrogen-bond acceptors (Lipinski definition) is 6. The summed E-state index contributed by atoms with van der Waals surface area (Å²) in [5.41, 5.74) is 1.21. The van der Waals surface area contributed by atoms with E-state index in [1.165, 1.54) is 19.2 Å². The van der Waals surface area contributed by atoms with E-state index >= 15 is 0 Å². The lowest BCUT2D eigenvalue weighted by molar-refractivity contribution is -0.136. The molecule has 7 nitrogen and oxygen atoms in total. The lowest BCUT2D eigenvalue weighted by atomic mass is 10.1. The zero-order chi connectivity index (χ0) is 20.7. The van der Waals surface area contributed by atoms with Gasteiger partial charge in [0.05, 0.1) is 24.2 Å². The average molecular weight is 403 g/mol. The van der Waals surface area contributed by atoms with Gasteiger partial charge in [0, 0.05) is 6.08 Å². The number of carbonyl (C=O) groups is 2. The van der Waals surface area contributed by atoms with E-state index in [-0.39, 0.29) is 17.1 Å². The van der Waals surface area contributed by atoms with Crippen LogP contribution < -0.4 is 9.46 Å². The molecule has 1 N–H and O–H groups in total. The summed E-state index contributed by atoms with van der Waals surface area (Å²) >= 11 is 0. The smallest absolute Gasteiger partial charge is 0.338 e. The molecule has 0 aliphatic carbocycles. The molecule has 1 amide bonds. The summed E-state index contributed by atoms with van der Waals surface area (Å²) in [7, 11) is -2.57. The summed E-state index contributed by atoms with van der Waals surface area (Å²) in [5.74, 6) is -1.13. The van der Waals surface area contributed by atoms with Crippen LogP contribution in [0.4, 0.5) is 0 Å². The molecule has 0 unspecified atom stereocenters. The molecule has 8 heteroatoms. The number of amides is 1. The van der Waals surface area contributed by atoms with Gasteiger partial charge in [0.1, 0.15) is 5.75 Å². The van der Waals surface area contributed by atoms with Gasteiger partial charge in [-0.1, -0.05) is 29.8 Å². The quantitative estimate of drug-likeness (QED) is 0.563. The molecule has 148 valence electrons. The van der Waals surface area contributed by atoms with Crippen LogP contribution >= 0.6 is 0 Å². The van der Waals surface area contributed by atoms with E-state index in [1.807, 2.05) is 11.6 Å². The van der Waals surface area contributed by atoms with Crippen molar-refractivity contribution in [1.82, 2.24) is 4.72 Å². The Hall–Kier alpha value is -3.13.